The number of amides is 1. The molecule has 8 heteroatoms. The lowest BCUT2D eigenvalue weighted by molar-refractivity contribution is 0.167. The fraction of sp³-hybridized carbons (Fsp3) is 0.545. The van der Waals surface area contributed by atoms with Crippen LogP contribution in [0.25, 0.3) is 0 Å². The predicted octanol–water partition coefficient (Wildman–Crippen LogP) is 0.557. The van der Waals surface area contributed by atoms with Crippen molar-refractivity contribution >= 4 is 23.5 Å². The fourth-order valence-electron chi connectivity index (χ4n) is 2.09. The van der Waals surface area contributed by atoms with Gasteiger partial charge in [0.25, 0.3) is 0 Å². The van der Waals surface area contributed by atoms with Crippen LogP contribution in [-0.4, -0.2) is 47.4 Å². The van der Waals surface area contributed by atoms with E-state index in [1.165, 1.54) is 13.4 Å². The van der Waals surface area contributed by atoms with Gasteiger partial charge in [0, 0.05) is 13.1 Å². The Hall–Kier alpha value is -1.60. The second kappa shape index (κ2) is 6.03. The summed E-state index contributed by atoms with van der Waals surface area (Å²) < 4.78 is 4.56. The van der Waals surface area contributed by atoms with Gasteiger partial charge in [-0.3, -0.25) is 0 Å². The van der Waals surface area contributed by atoms with Crippen LogP contribution >= 0.6 is 11.6 Å². The highest BCUT2D eigenvalue weighted by molar-refractivity contribution is 6.30. The maximum atomic E-state index is 11.1. The number of aromatic nitrogens is 2. The molecule has 0 saturated carbocycles. The molecule has 2 N–H and O–H groups in total. The summed E-state index contributed by atoms with van der Waals surface area (Å²) in [5, 5.41) is 12.3. The molecule has 7 nitrogen and oxygen atoms in total. The normalized spacial score (nSPS) is 18.5. The number of hydrogen-bond donors (Lipinski definition) is 2. The molecule has 1 fully saturated rings. The highest BCUT2D eigenvalue weighted by Gasteiger charge is 2.27. The molecular weight excluding hydrogens is 272 g/mol. The standard InChI is InChI=1S/C11H15ClN4O3/c1-19-11(18)15-7-2-3-16(4-7)10-8(5-17)9(12)13-6-14-10/h6-7,17H,2-5H2,1H3,(H,15,18). The highest BCUT2D eigenvalue weighted by atomic mass is 35.5. The molecule has 0 spiro atoms. The molecule has 1 aliphatic rings. The number of aliphatic hydroxyl groups is 1. The lowest BCUT2D eigenvalue weighted by Crippen LogP contribution is -2.37. The number of carbonyl (C=O) groups is 1. The third-order valence-electron chi connectivity index (χ3n) is 3.02. The third kappa shape index (κ3) is 3.05. The molecule has 1 saturated heterocycles. The Labute approximate surface area is 115 Å². The predicted molar refractivity (Wildman–Crippen MR) is 69.1 cm³/mol. The van der Waals surface area contributed by atoms with E-state index in [-0.39, 0.29) is 17.8 Å². The van der Waals surface area contributed by atoms with Crippen molar-refractivity contribution in [1.82, 2.24) is 15.3 Å². The van der Waals surface area contributed by atoms with E-state index in [0.29, 0.717) is 17.9 Å². The number of nitrogens with one attached hydrogen (secondary N) is 1. The molecule has 0 radical (unpaired) electrons. The van der Waals surface area contributed by atoms with E-state index in [4.69, 9.17) is 11.6 Å². The molecular formula is C11H15ClN4O3. The first-order valence-electron chi connectivity index (χ1n) is 5.85. The first-order valence-corrected chi connectivity index (χ1v) is 6.23. The first kappa shape index (κ1) is 13.8. The maximum Gasteiger partial charge on any atom is 0.407 e. The Morgan fingerprint density at radius 2 is 2.47 bits per heavy atom. The lowest BCUT2D eigenvalue weighted by Gasteiger charge is -2.20. The number of aliphatic hydroxyl groups excluding tert-OH is 1. The van der Waals surface area contributed by atoms with Crippen LogP contribution in [0.2, 0.25) is 5.15 Å². The van der Waals surface area contributed by atoms with Crippen LogP contribution < -0.4 is 10.2 Å². The lowest BCUT2D eigenvalue weighted by atomic mass is 10.3. The molecule has 1 aliphatic heterocycles. The zero-order valence-electron chi connectivity index (χ0n) is 10.5. The Kier molecular flexibility index (Phi) is 4.39. The van der Waals surface area contributed by atoms with Gasteiger partial charge in [0.15, 0.2) is 0 Å². The number of hydrogen-bond acceptors (Lipinski definition) is 6. The van der Waals surface area contributed by atoms with E-state index in [1.807, 2.05) is 4.90 Å². The van der Waals surface area contributed by atoms with Gasteiger partial charge in [0.05, 0.1) is 25.3 Å². The summed E-state index contributed by atoms with van der Waals surface area (Å²) in [7, 11) is 1.33. The molecule has 1 unspecified atom stereocenters. The Morgan fingerprint density at radius 1 is 1.68 bits per heavy atom. The van der Waals surface area contributed by atoms with Gasteiger partial charge < -0.3 is 20.1 Å². The van der Waals surface area contributed by atoms with Gasteiger partial charge >= 0.3 is 6.09 Å². The van der Waals surface area contributed by atoms with Crippen molar-refractivity contribution in [1.29, 1.82) is 0 Å². The number of anilines is 1. The molecule has 0 aliphatic carbocycles. The smallest absolute Gasteiger partial charge is 0.407 e. The second-order valence-corrected chi connectivity index (χ2v) is 4.55. The van der Waals surface area contributed by atoms with E-state index >= 15 is 0 Å². The summed E-state index contributed by atoms with van der Waals surface area (Å²) in [5.74, 6) is 0.608. The van der Waals surface area contributed by atoms with E-state index in [1.54, 1.807) is 0 Å². The minimum absolute atomic E-state index is 0.00673. The number of alkyl carbamates (subject to hydrolysis) is 1. The summed E-state index contributed by atoms with van der Waals surface area (Å²) >= 11 is 5.92. The third-order valence-corrected chi connectivity index (χ3v) is 3.35. The molecule has 2 heterocycles. The van der Waals surface area contributed by atoms with Crippen molar-refractivity contribution < 1.29 is 14.6 Å². The SMILES string of the molecule is COC(=O)NC1CCN(c2ncnc(Cl)c2CO)C1. The van der Waals surface area contributed by atoms with Crippen molar-refractivity contribution in [3.8, 4) is 0 Å². The summed E-state index contributed by atoms with van der Waals surface area (Å²) in [6.45, 7) is 1.09. The average molecular weight is 287 g/mol. The Morgan fingerprint density at radius 3 is 3.16 bits per heavy atom. The van der Waals surface area contributed by atoms with Gasteiger partial charge in [0.1, 0.15) is 17.3 Å². The number of methoxy groups -OCH3 is 1. The van der Waals surface area contributed by atoms with Gasteiger partial charge in [-0.2, -0.15) is 0 Å². The number of halogens is 1. The molecule has 0 bridgehead atoms. The maximum absolute atomic E-state index is 11.1. The zero-order valence-corrected chi connectivity index (χ0v) is 11.2. The van der Waals surface area contributed by atoms with Crippen LogP contribution in [0.4, 0.5) is 10.6 Å². The van der Waals surface area contributed by atoms with Crippen LogP contribution in [0.1, 0.15) is 12.0 Å². The molecule has 1 amide bonds. The molecule has 1 aromatic rings. The largest absolute Gasteiger partial charge is 0.453 e. The number of rotatable bonds is 3. The van der Waals surface area contributed by atoms with Gasteiger partial charge in [-0.15, -0.1) is 0 Å². The van der Waals surface area contributed by atoms with Gasteiger partial charge in [0.2, 0.25) is 0 Å². The number of nitrogens with zero attached hydrogens (tertiary/aromatic N) is 3. The summed E-state index contributed by atoms with van der Waals surface area (Å²) in [5.41, 5.74) is 0.503. The van der Waals surface area contributed by atoms with E-state index in [9.17, 15) is 9.90 Å². The molecule has 2 rings (SSSR count). The van der Waals surface area contributed by atoms with Crippen LogP contribution in [0.3, 0.4) is 0 Å². The Balaban J connectivity index is 2.09. The summed E-state index contributed by atoms with van der Waals surface area (Å²) in [6, 6.07) is -0.00673. The quantitative estimate of drug-likeness (QED) is 0.790. The van der Waals surface area contributed by atoms with Crippen LogP contribution in [-0.2, 0) is 11.3 Å². The number of ether oxygens (including phenoxy) is 1. The van der Waals surface area contributed by atoms with Crippen LogP contribution in [0, 0.1) is 0 Å². The van der Waals surface area contributed by atoms with Crippen molar-refractivity contribution in [3.05, 3.63) is 17.0 Å². The minimum atomic E-state index is -0.449. The van der Waals surface area contributed by atoms with Gasteiger partial charge in [-0.05, 0) is 6.42 Å². The minimum Gasteiger partial charge on any atom is -0.453 e. The van der Waals surface area contributed by atoms with Crippen molar-refractivity contribution in [2.45, 2.75) is 19.1 Å². The van der Waals surface area contributed by atoms with Crippen LogP contribution in [0.5, 0.6) is 0 Å². The molecule has 104 valence electrons. The Bertz CT molecular complexity index is 471. The monoisotopic (exact) mass is 286 g/mol. The fourth-order valence-corrected chi connectivity index (χ4v) is 2.27. The van der Waals surface area contributed by atoms with Crippen molar-refractivity contribution in [2.24, 2.45) is 0 Å². The number of carbonyl (C=O) groups excluding carboxylic acids is 1. The first-order chi connectivity index (χ1) is 9.15. The zero-order chi connectivity index (χ0) is 13.8. The summed E-state index contributed by atoms with van der Waals surface area (Å²) in [4.78, 5) is 21.1. The van der Waals surface area contributed by atoms with Crippen LogP contribution in [0.15, 0.2) is 6.33 Å². The van der Waals surface area contributed by atoms with E-state index in [0.717, 1.165) is 13.0 Å². The molecule has 0 aromatic carbocycles. The van der Waals surface area contributed by atoms with E-state index < -0.39 is 6.09 Å². The van der Waals surface area contributed by atoms with Crippen molar-refractivity contribution in [2.75, 3.05) is 25.1 Å². The summed E-state index contributed by atoms with van der Waals surface area (Å²) in [6.07, 6.45) is 1.69. The topological polar surface area (TPSA) is 87.6 Å². The molecule has 1 atom stereocenters. The van der Waals surface area contributed by atoms with Gasteiger partial charge in [-0.25, -0.2) is 14.8 Å². The molecule has 1 aromatic heterocycles. The second-order valence-electron chi connectivity index (χ2n) is 4.19. The van der Waals surface area contributed by atoms with E-state index in [2.05, 4.69) is 20.0 Å². The van der Waals surface area contributed by atoms with Crippen molar-refractivity contribution in [3.63, 3.8) is 0 Å². The highest BCUT2D eigenvalue weighted by Crippen LogP contribution is 2.26. The average Bonchev–Trinajstić information content (AvgIpc) is 2.86. The van der Waals surface area contributed by atoms with Gasteiger partial charge in [-0.1, -0.05) is 11.6 Å². The molecule has 19 heavy (non-hydrogen) atoms.